The minimum absolute atomic E-state index is 0.403. The van der Waals surface area contributed by atoms with Gasteiger partial charge in [0.2, 0.25) is 0 Å². The Bertz CT molecular complexity index is 404. The third-order valence-electron chi connectivity index (χ3n) is 3.15. The van der Waals surface area contributed by atoms with E-state index in [-0.39, 0.29) is 0 Å². The van der Waals surface area contributed by atoms with Crippen LogP contribution in [-0.2, 0) is 0 Å². The van der Waals surface area contributed by atoms with Gasteiger partial charge in [-0.05, 0) is 43.9 Å². The van der Waals surface area contributed by atoms with Crippen LogP contribution in [0.3, 0.4) is 0 Å². The Hall–Kier alpha value is -1.49. The van der Waals surface area contributed by atoms with Gasteiger partial charge in [-0.1, -0.05) is 26.3 Å². The SMILES string of the molecule is CCC(C)CC(C)Nc1ccc(C)cc1C#N. The molecule has 92 valence electrons. The highest BCUT2D eigenvalue weighted by molar-refractivity contribution is 5.58. The van der Waals surface area contributed by atoms with Crippen LogP contribution in [-0.4, -0.2) is 6.04 Å². The first-order chi connectivity index (χ1) is 8.06. The monoisotopic (exact) mass is 230 g/mol. The molecule has 1 aromatic carbocycles. The van der Waals surface area contributed by atoms with Crippen LogP contribution in [0.25, 0.3) is 0 Å². The number of hydrogen-bond acceptors (Lipinski definition) is 2. The molecule has 0 aliphatic heterocycles. The quantitative estimate of drug-likeness (QED) is 0.826. The second-order valence-corrected chi connectivity index (χ2v) is 4.96. The molecule has 0 saturated heterocycles. The molecule has 2 atom stereocenters. The van der Waals surface area contributed by atoms with Crippen molar-refractivity contribution in [3.05, 3.63) is 29.3 Å². The third-order valence-corrected chi connectivity index (χ3v) is 3.15. The summed E-state index contributed by atoms with van der Waals surface area (Å²) in [5.41, 5.74) is 2.82. The normalized spacial score (nSPS) is 13.8. The standard InChI is InChI=1S/C15H22N2/c1-5-11(2)8-13(4)17-15-7-6-12(3)9-14(15)10-16/h6-7,9,11,13,17H,5,8H2,1-4H3. The van der Waals surface area contributed by atoms with Gasteiger partial charge in [0, 0.05) is 6.04 Å². The second kappa shape index (κ2) is 6.30. The summed E-state index contributed by atoms with van der Waals surface area (Å²) in [5, 5.41) is 12.5. The molecule has 0 radical (unpaired) electrons. The molecule has 0 amide bonds. The van der Waals surface area contributed by atoms with Crippen molar-refractivity contribution in [1.82, 2.24) is 0 Å². The van der Waals surface area contributed by atoms with E-state index >= 15 is 0 Å². The van der Waals surface area contributed by atoms with E-state index < -0.39 is 0 Å². The minimum Gasteiger partial charge on any atom is -0.382 e. The van der Waals surface area contributed by atoms with Gasteiger partial charge in [-0.3, -0.25) is 0 Å². The molecule has 17 heavy (non-hydrogen) atoms. The molecule has 2 nitrogen and oxygen atoms in total. The van der Waals surface area contributed by atoms with Crippen LogP contribution in [0.2, 0.25) is 0 Å². The number of anilines is 1. The zero-order chi connectivity index (χ0) is 12.8. The van der Waals surface area contributed by atoms with E-state index in [1.54, 1.807) is 0 Å². The van der Waals surface area contributed by atoms with Crippen molar-refractivity contribution in [2.75, 3.05) is 5.32 Å². The molecular weight excluding hydrogens is 208 g/mol. The van der Waals surface area contributed by atoms with Gasteiger partial charge in [0.1, 0.15) is 6.07 Å². The maximum Gasteiger partial charge on any atom is 0.101 e. The summed E-state index contributed by atoms with van der Waals surface area (Å²) in [7, 11) is 0. The summed E-state index contributed by atoms with van der Waals surface area (Å²) in [6, 6.07) is 8.62. The lowest BCUT2D eigenvalue weighted by Crippen LogP contribution is -2.18. The number of hydrogen-bond donors (Lipinski definition) is 1. The smallest absolute Gasteiger partial charge is 0.101 e. The van der Waals surface area contributed by atoms with E-state index in [0.717, 1.165) is 23.2 Å². The summed E-state index contributed by atoms with van der Waals surface area (Å²) in [6.07, 6.45) is 2.33. The minimum atomic E-state index is 0.403. The number of nitrogens with one attached hydrogen (secondary N) is 1. The molecule has 0 aromatic heterocycles. The zero-order valence-corrected chi connectivity index (χ0v) is 11.2. The van der Waals surface area contributed by atoms with E-state index in [0.29, 0.717) is 12.0 Å². The van der Waals surface area contributed by atoms with Crippen molar-refractivity contribution in [2.24, 2.45) is 5.92 Å². The molecule has 1 aromatic rings. The molecule has 0 fully saturated rings. The van der Waals surface area contributed by atoms with Crippen LogP contribution in [0.15, 0.2) is 18.2 Å². The predicted octanol–water partition coefficient (Wildman–Crippen LogP) is 4.10. The lowest BCUT2D eigenvalue weighted by atomic mass is 10.00. The molecule has 0 aliphatic rings. The van der Waals surface area contributed by atoms with Crippen molar-refractivity contribution >= 4 is 5.69 Å². The van der Waals surface area contributed by atoms with Crippen LogP contribution in [0.1, 0.15) is 44.7 Å². The Morgan fingerprint density at radius 1 is 1.35 bits per heavy atom. The average Bonchev–Trinajstić information content (AvgIpc) is 2.31. The fourth-order valence-electron chi connectivity index (χ4n) is 1.97. The zero-order valence-electron chi connectivity index (χ0n) is 11.2. The number of nitrogens with zero attached hydrogens (tertiary/aromatic N) is 1. The first kappa shape index (κ1) is 13.6. The maximum absolute atomic E-state index is 9.09. The second-order valence-electron chi connectivity index (χ2n) is 4.96. The van der Waals surface area contributed by atoms with Gasteiger partial charge < -0.3 is 5.32 Å². The van der Waals surface area contributed by atoms with Crippen LogP contribution in [0, 0.1) is 24.2 Å². The maximum atomic E-state index is 9.09. The van der Waals surface area contributed by atoms with Crippen LogP contribution in [0.4, 0.5) is 5.69 Å². The summed E-state index contributed by atoms with van der Waals surface area (Å²) >= 11 is 0. The Labute approximate surface area is 105 Å². The van der Waals surface area contributed by atoms with Crippen molar-refractivity contribution < 1.29 is 0 Å². The van der Waals surface area contributed by atoms with Gasteiger partial charge in [0.05, 0.1) is 11.3 Å². The molecule has 0 aliphatic carbocycles. The number of benzene rings is 1. The van der Waals surface area contributed by atoms with Crippen LogP contribution in [0.5, 0.6) is 0 Å². The number of aryl methyl sites for hydroxylation is 1. The highest BCUT2D eigenvalue weighted by atomic mass is 14.9. The van der Waals surface area contributed by atoms with Gasteiger partial charge >= 0.3 is 0 Å². The fourth-order valence-corrected chi connectivity index (χ4v) is 1.97. The lowest BCUT2D eigenvalue weighted by molar-refractivity contribution is 0.484. The van der Waals surface area contributed by atoms with E-state index in [9.17, 15) is 0 Å². The number of rotatable bonds is 5. The largest absolute Gasteiger partial charge is 0.382 e. The van der Waals surface area contributed by atoms with E-state index in [4.69, 9.17) is 5.26 Å². The summed E-state index contributed by atoms with van der Waals surface area (Å²) < 4.78 is 0. The Kier molecular flexibility index (Phi) is 5.03. The summed E-state index contributed by atoms with van der Waals surface area (Å²) in [4.78, 5) is 0. The third kappa shape index (κ3) is 4.11. The molecule has 1 N–H and O–H groups in total. The highest BCUT2D eigenvalue weighted by Gasteiger charge is 2.09. The number of nitriles is 1. The average molecular weight is 230 g/mol. The van der Waals surface area contributed by atoms with Gasteiger partial charge in [0.25, 0.3) is 0 Å². The summed E-state index contributed by atoms with van der Waals surface area (Å²) in [5.74, 6) is 0.716. The van der Waals surface area contributed by atoms with Crippen molar-refractivity contribution in [3.8, 4) is 6.07 Å². The summed E-state index contributed by atoms with van der Waals surface area (Å²) in [6.45, 7) is 8.66. The van der Waals surface area contributed by atoms with Crippen LogP contribution < -0.4 is 5.32 Å². The van der Waals surface area contributed by atoms with Crippen molar-refractivity contribution in [1.29, 1.82) is 5.26 Å². The molecule has 0 heterocycles. The molecule has 0 saturated carbocycles. The van der Waals surface area contributed by atoms with Gasteiger partial charge in [0.15, 0.2) is 0 Å². The first-order valence-electron chi connectivity index (χ1n) is 6.34. The Morgan fingerprint density at radius 2 is 2.06 bits per heavy atom. The van der Waals surface area contributed by atoms with Gasteiger partial charge in [-0.15, -0.1) is 0 Å². The molecule has 0 spiro atoms. The Balaban J connectivity index is 2.71. The van der Waals surface area contributed by atoms with Crippen molar-refractivity contribution in [3.63, 3.8) is 0 Å². The van der Waals surface area contributed by atoms with Crippen molar-refractivity contribution in [2.45, 2.75) is 46.6 Å². The first-order valence-corrected chi connectivity index (χ1v) is 6.34. The lowest BCUT2D eigenvalue weighted by Gasteiger charge is -2.19. The van der Waals surface area contributed by atoms with Crippen LogP contribution >= 0.6 is 0 Å². The highest BCUT2D eigenvalue weighted by Crippen LogP contribution is 2.19. The molecule has 2 heteroatoms. The molecule has 2 unspecified atom stereocenters. The fraction of sp³-hybridized carbons (Fsp3) is 0.533. The van der Waals surface area contributed by atoms with Gasteiger partial charge in [-0.25, -0.2) is 0 Å². The topological polar surface area (TPSA) is 35.8 Å². The molecule has 0 bridgehead atoms. The molecule has 1 rings (SSSR count). The van der Waals surface area contributed by atoms with E-state index in [2.05, 4.69) is 32.2 Å². The Morgan fingerprint density at radius 3 is 2.65 bits per heavy atom. The molecular formula is C15H22N2. The van der Waals surface area contributed by atoms with E-state index in [1.807, 2.05) is 25.1 Å². The predicted molar refractivity (Wildman–Crippen MR) is 73.1 cm³/mol. The van der Waals surface area contributed by atoms with Gasteiger partial charge in [-0.2, -0.15) is 5.26 Å². The van der Waals surface area contributed by atoms with E-state index in [1.165, 1.54) is 6.42 Å².